The Hall–Kier alpha value is -2.16. The first-order valence-electron chi connectivity index (χ1n) is 8.37. The van der Waals surface area contributed by atoms with Gasteiger partial charge in [0, 0.05) is 24.9 Å². The molecule has 9 heteroatoms. The van der Waals surface area contributed by atoms with Crippen molar-refractivity contribution in [2.45, 2.75) is 50.4 Å². The van der Waals surface area contributed by atoms with Gasteiger partial charge in [-0.15, -0.1) is 0 Å². The number of hydrogen-bond donors (Lipinski definition) is 2. The van der Waals surface area contributed by atoms with Gasteiger partial charge in [-0.1, -0.05) is 12.5 Å². The highest BCUT2D eigenvalue weighted by Gasteiger charge is 2.40. The number of halogens is 3. The highest BCUT2D eigenvalue weighted by atomic mass is 19.4. The predicted octanol–water partition coefficient (Wildman–Crippen LogP) is 2.02. The Labute approximate surface area is 148 Å². The second-order valence-corrected chi connectivity index (χ2v) is 6.45. The molecule has 1 amide bonds. The number of carboxylic acid groups (broad SMARTS) is 1. The molecule has 2 atom stereocenters. The van der Waals surface area contributed by atoms with Gasteiger partial charge in [0.25, 0.3) is 0 Å². The highest BCUT2D eigenvalue weighted by Crippen LogP contribution is 2.32. The molecular weight excluding hydrogens is 353 g/mol. The van der Waals surface area contributed by atoms with Gasteiger partial charge in [0.2, 0.25) is 5.91 Å². The SMILES string of the molecule is O=C(C1CCC1)N1CC[C@@H](O)[C@@H]1Cc1cccnc1.O=C(O)C(F)(F)F. The zero-order valence-corrected chi connectivity index (χ0v) is 14.0. The van der Waals surface area contributed by atoms with Gasteiger partial charge in [-0.2, -0.15) is 13.2 Å². The van der Waals surface area contributed by atoms with E-state index in [9.17, 15) is 23.1 Å². The minimum Gasteiger partial charge on any atom is -0.475 e. The smallest absolute Gasteiger partial charge is 0.475 e. The second kappa shape index (κ2) is 8.48. The van der Waals surface area contributed by atoms with E-state index in [0.29, 0.717) is 19.4 Å². The average Bonchev–Trinajstić information content (AvgIpc) is 2.87. The molecule has 3 rings (SSSR count). The molecule has 2 aliphatic rings. The van der Waals surface area contributed by atoms with Crippen LogP contribution < -0.4 is 0 Å². The molecule has 1 aliphatic heterocycles. The molecule has 1 saturated carbocycles. The summed E-state index contributed by atoms with van der Waals surface area (Å²) in [4.78, 5) is 27.3. The van der Waals surface area contributed by atoms with Crippen LogP contribution in [-0.4, -0.2) is 56.8 Å². The molecule has 6 nitrogen and oxygen atoms in total. The summed E-state index contributed by atoms with van der Waals surface area (Å²) in [5.41, 5.74) is 1.08. The van der Waals surface area contributed by atoms with E-state index in [1.807, 2.05) is 23.2 Å². The maximum Gasteiger partial charge on any atom is 0.490 e. The maximum absolute atomic E-state index is 12.4. The fourth-order valence-corrected chi connectivity index (χ4v) is 3.01. The topological polar surface area (TPSA) is 90.7 Å². The van der Waals surface area contributed by atoms with E-state index in [1.165, 1.54) is 6.42 Å². The number of pyridine rings is 1. The lowest BCUT2D eigenvalue weighted by Gasteiger charge is -2.33. The molecule has 144 valence electrons. The van der Waals surface area contributed by atoms with Gasteiger partial charge in [-0.3, -0.25) is 9.78 Å². The molecule has 26 heavy (non-hydrogen) atoms. The molecule has 1 saturated heterocycles. The molecule has 2 heterocycles. The Morgan fingerprint density at radius 1 is 1.27 bits per heavy atom. The van der Waals surface area contributed by atoms with E-state index in [1.54, 1.807) is 6.20 Å². The van der Waals surface area contributed by atoms with Gasteiger partial charge < -0.3 is 15.1 Å². The Kier molecular flexibility index (Phi) is 6.57. The van der Waals surface area contributed by atoms with E-state index in [-0.39, 0.29) is 17.9 Å². The molecule has 1 aliphatic carbocycles. The van der Waals surface area contributed by atoms with Crippen LogP contribution in [0.15, 0.2) is 24.5 Å². The largest absolute Gasteiger partial charge is 0.490 e. The van der Waals surface area contributed by atoms with Crippen LogP contribution in [-0.2, 0) is 16.0 Å². The number of hydrogen-bond acceptors (Lipinski definition) is 4. The number of aromatic nitrogens is 1. The number of carbonyl (C=O) groups is 2. The van der Waals surface area contributed by atoms with Crippen molar-refractivity contribution in [2.75, 3.05) is 6.54 Å². The maximum atomic E-state index is 12.4. The normalized spacial score (nSPS) is 23.0. The first-order valence-corrected chi connectivity index (χ1v) is 8.37. The number of aliphatic carboxylic acids is 1. The Morgan fingerprint density at radius 2 is 1.92 bits per heavy atom. The third-order valence-electron chi connectivity index (χ3n) is 4.66. The summed E-state index contributed by atoms with van der Waals surface area (Å²) >= 11 is 0. The van der Waals surface area contributed by atoms with Crippen LogP contribution >= 0.6 is 0 Å². The molecule has 0 unspecified atom stereocenters. The molecule has 0 radical (unpaired) electrons. The lowest BCUT2D eigenvalue weighted by Crippen LogP contribution is -2.45. The summed E-state index contributed by atoms with van der Waals surface area (Å²) in [5.74, 6) is -2.30. The van der Waals surface area contributed by atoms with Crippen molar-refractivity contribution in [1.82, 2.24) is 9.88 Å². The first-order chi connectivity index (χ1) is 12.2. The zero-order chi connectivity index (χ0) is 19.3. The minimum atomic E-state index is -5.08. The molecule has 2 fully saturated rings. The Balaban J connectivity index is 0.000000298. The fourth-order valence-electron chi connectivity index (χ4n) is 3.01. The summed E-state index contributed by atoms with van der Waals surface area (Å²) in [6, 6.07) is 3.83. The number of rotatable bonds is 3. The summed E-state index contributed by atoms with van der Waals surface area (Å²) in [6.07, 6.45) is 2.68. The number of nitrogens with zero attached hydrogens (tertiary/aromatic N) is 2. The van der Waals surface area contributed by atoms with Crippen LogP contribution in [0, 0.1) is 5.92 Å². The van der Waals surface area contributed by atoms with Crippen molar-refractivity contribution >= 4 is 11.9 Å². The Bertz CT molecular complexity index is 620. The summed E-state index contributed by atoms with van der Waals surface area (Å²) in [6.45, 7) is 0.696. The predicted molar refractivity (Wildman–Crippen MR) is 85.1 cm³/mol. The van der Waals surface area contributed by atoms with Crippen molar-refractivity contribution < 1.29 is 33.0 Å². The van der Waals surface area contributed by atoms with Gasteiger partial charge in [-0.05, 0) is 37.3 Å². The third-order valence-corrected chi connectivity index (χ3v) is 4.66. The lowest BCUT2D eigenvalue weighted by atomic mass is 9.84. The summed E-state index contributed by atoms with van der Waals surface area (Å²) < 4.78 is 31.7. The number of aliphatic hydroxyl groups is 1. The van der Waals surface area contributed by atoms with Gasteiger partial charge in [0.1, 0.15) is 0 Å². The van der Waals surface area contributed by atoms with E-state index in [2.05, 4.69) is 4.98 Å². The molecular formula is C17H21F3N2O4. The van der Waals surface area contributed by atoms with Crippen LogP contribution in [0.3, 0.4) is 0 Å². The first kappa shape index (κ1) is 20.2. The van der Waals surface area contributed by atoms with Crippen LogP contribution in [0.2, 0.25) is 0 Å². The van der Waals surface area contributed by atoms with Crippen molar-refractivity contribution in [1.29, 1.82) is 0 Å². The van der Waals surface area contributed by atoms with Gasteiger partial charge in [-0.25, -0.2) is 4.79 Å². The van der Waals surface area contributed by atoms with Gasteiger partial charge in [0.05, 0.1) is 12.1 Å². The van der Waals surface area contributed by atoms with Gasteiger partial charge >= 0.3 is 12.1 Å². The number of likely N-dealkylation sites (tertiary alicyclic amines) is 1. The molecule has 0 bridgehead atoms. The number of amides is 1. The zero-order valence-electron chi connectivity index (χ0n) is 14.0. The highest BCUT2D eigenvalue weighted by molar-refractivity contribution is 5.80. The van der Waals surface area contributed by atoms with Crippen molar-refractivity contribution in [2.24, 2.45) is 5.92 Å². The average molecular weight is 374 g/mol. The summed E-state index contributed by atoms with van der Waals surface area (Å²) in [5, 5.41) is 17.3. The van der Waals surface area contributed by atoms with Crippen LogP contribution in [0.4, 0.5) is 13.2 Å². The van der Waals surface area contributed by atoms with E-state index in [0.717, 1.165) is 18.4 Å². The lowest BCUT2D eigenvalue weighted by molar-refractivity contribution is -0.192. The quantitative estimate of drug-likeness (QED) is 0.845. The minimum absolute atomic E-state index is 0.0719. The monoisotopic (exact) mass is 374 g/mol. The van der Waals surface area contributed by atoms with E-state index < -0.39 is 18.2 Å². The number of aliphatic hydroxyl groups excluding tert-OH is 1. The van der Waals surface area contributed by atoms with Crippen molar-refractivity contribution in [3.05, 3.63) is 30.1 Å². The molecule has 2 N–H and O–H groups in total. The van der Waals surface area contributed by atoms with Crippen LogP contribution in [0.5, 0.6) is 0 Å². The Morgan fingerprint density at radius 3 is 2.38 bits per heavy atom. The molecule has 0 aromatic carbocycles. The molecule has 1 aromatic heterocycles. The van der Waals surface area contributed by atoms with E-state index in [4.69, 9.17) is 9.90 Å². The van der Waals surface area contributed by atoms with Crippen LogP contribution in [0.25, 0.3) is 0 Å². The third kappa shape index (κ3) is 5.17. The number of carboxylic acids is 1. The number of alkyl halides is 3. The van der Waals surface area contributed by atoms with Gasteiger partial charge in [0.15, 0.2) is 0 Å². The van der Waals surface area contributed by atoms with Crippen LogP contribution in [0.1, 0.15) is 31.2 Å². The van der Waals surface area contributed by atoms with Crippen molar-refractivity contribution in [3.8, 4) is 0 Å². The molecule has 1 aromatic rings. The molecule has 0 spiro atoms. The fraction of sp³-hybridized carbons (Fsp3) is 0.588. The van der Waals surface area contributed by atoms with Crippen molar-refractivity contribution in [3.63, 3.8) is 0 Å². The second-order valence-electron chi connectivity index (χ2n) is 6.45. The summed E-state index contributed by atoms with van der Waals surface area (Å²) in [7, 11) is 0. The number of carbonyl (C=O) groups excluding carboxylic acids is 1. The standard InChI is InChI=1S/C15H20N2O2.C2HF3O2/c18-14-6-8-17(15(19)12-4-1-5-12)13(14)9-11-3-2-7-16-10-11;3-2(4,5)1(6)7/h2-3,7,10,12-14,18H,1,4-6,8-9H2;(H,6,7)/t13-,14+;/m0./s1. The van der Waals surface area contributed by atoms with E-state index >= 15 is 0 Å².